The molecule has 2 N–H and O–H groups in total. The summed E-state index contributed by atoms with van der Waals surface area (Å²) < 4.78 is 5.20. The Balaban J connectivity index is 1.21. The highest BCUT2D eigenvalue weighted by molar-refractivity contribution is 6.05. The van der Waals surface area contributed by atoms with Gasteiger partial charge in [0.15, 0.2) is 0 Å². The van der Waals surface area contributed by atoms with Gasteiger partial charge in [0.25, 0.3) is 5.91 Å². The van der Waals surface area contributed by atoms with Gasteiger partial charge in [-0.25, -0.2) is 4.79 Å². The highest BCUT2D eigenvalue weighted by atomic mass is 16.3. The quantitative estimate of drug-likeness (QED) is 0.680. The number of hydrogen-bond donors (Lipinski definition) is 2. The summed E-state index contributed by atoms with van der Waals surface area (Å²) in [5.41, 5.74) is 1.29. The number of nitrogens with one attached hydrogen (secondary N) is 2. The Morgan fingerprint density at radius 1 is 1.07 bits per heavy atom. The van der Waals surface area contributed by atoms with Crippen LogP contribution >= 0.6 is 0 Å². The number of benzene rings is 1. The molecule has 0 bridgehead atoms. The van der Waals surface area contributed by atoms with E-state index in [2.05, 4.69) is 27.7 Å². The summed E-state index contributed by atoms with van der Waals surface area (Å²) in [7, 11) is 0. The highest BCUT2D eigenvalue weighted by Crippen LogP contribution is 2.16. The maximum Gasteiger partial charge on any atom is 0.325 e. The number of furan rings is 1. The van der Waals surface area contributed by atoms with Crippen molar-refractivity contribution >= 4 is 17.8 Å². The summed E-state index contributed by atoms with van der Waals surface area (Å²) in [6.45, 7) is 2.80. The van der Waals surface area contributed by atoms with E-state index in [1.54, 1.807) is 12.1 Å². The molecule has 1 aromatic carbocycles. The molecule has 158 valence electrons. The van der Waals surface area contributed by atoms with Gasteiger partial charge in [-0.05, 0) is 30.5 Å². The van der Waals surface area contributed by atoms with Crippen LogP contribution in [0.15, 0.2) is 53.1 Å². The number of likely N-dealkylation sites (tertiary alicyclic amines) is 1. The van der Waals surface area contributed by atoms with Crippen molar-refractivity contribution in [2.24, 2.45) is 0 Å². The molecular weight excluding hydrogens is 384 g/mol. The first kappa shape index (κ1) is 20.2. The molecule has 8 heteroatoms. The molecule has 2 fully saturated rings. The van der Waals surface area contributed by atoms with Gasteiger partial charge in [-0.1, -0.05) is 30.3 Å². The topological polar surface area (TPSA) is 94.9 Å². The zero-order chi connectivity index (χ0) is 20.9. The summed E-state index contributed by atoms with van der Waals surface area (Å²) in [5, 5.41) is 5.62. The average molecular weight is 410 g/mol. The molecule has 2 aliphatic rings. The minimum atomic E-state index is -0.828. The molecule has 3 heterocycles. The molecular formula is C22H26N4O4. The Kier molecular flexibility index (Phi) is 6.13. The van der Waals surface area contributed by atoms with Crippen molar-refractivity contribution in [3.63, 3.8) is 0 Å². The van der Waals surface area contributed by atoms with Crippen molar-refractivity contribution in [1.29, 1.82) is 0 Å². The fraction of sp³-hybridized carbons (Fsp3) is 0.409. The number of nitrogens with zero attached hydrogens (tertiary/aromatic N) is 2. The molecule has 4 rings (SSSR count). The molecule has 1 aromatic heterocycles. The monoisotopic (exact) mass is 410 g/mol. The smallest absolute Gasteiger partial charge is 0.325 e. The number of hydrogen-bond acceptors (Lipinski definition) is 5. The van der Waals surface area contributed by atoms with Crippen molar-refractivity contribution in [3.8, 4) is 0 Å². The minimum absolute atomic E-state index is 0.0521. The van der Waals surface area contributed by atoms with E-state index >= 15 is 0 Å². The zero-order valence-electron chi connectivity index (χ0n) is 16.8. The first-order valence-corrected chi connectivity index (χ1v) is 10.3. The molecule has 0 aliphatic carbocycles. The SMILES string of the molecule is O=C(C[C@H]1NC(=O)N(Cc2ccco2)C1=O)NC1CCN(Cc2ccccc2)CC1. The van der Waals surface area contributed by atoms with Crippen LogP contribution in [0, 0.1) is 0 Å². The van der Waals surface area contributed by atoms with Gasteiger partial charge in [-0.15, -0.1) is 0 Å². The van der Waals surface area contributed by atoms with Crippen LogP contribution in [0.25, 0.3) is 0 Å². The Morgan fingerprint density at radius 3 is 2.53 bits per heavy atom. The van der Waals surface area contributed by atoms with Crippen molar-refractivity contribution in [3.05, 3.63) is 60.1 Å². The molecule has 2 aliphatic heterocycles. The van der Waals surface area contributed by atoms with Gasteiger partial charge in [-0.2, -0.15) is 0 Å². The van der Waals surface area contributed by atoms with Gasteiger partial charge in [-0.3, -0.25) is 19.4 Å². The largest absolute Gasteiger partial charge is 0.467 e. The number of amides is 4. The van der Waals surface area contributed by atoms with E-state index < -0.39 is 18.0 Å². The summed E-state index contributed by atoms with van der Waals surface area (Å²) in [6.07, 6.45) is 3.18. The molecule has 2 aromatic rings. The molecule has 0 unspecified atom stereocenters. The van der Waals surface area contributed by atoms with Crippen molar-refractivity contribution in [2.75, 3.05) is 13.1 Å². The molecule has 0 saturated carbocycles. The van der Waals surface area contributed by atoms with Crippen LogP contribution in [0.3, 0.4) is 0 Å². The highest BCUT2D eigenvalue weighted by Gasteiger charge is 2.39. The maximum absolute atomic E-state index is 12.5. The van der Waals surface area contributed by atoms with Crippen LogP contribution in [0.4, 0.5) is 4.79 Å². The standard InChI is InChI=1S/C22H26N4O4/c27-20(13-19-21(28)26(22(29)24-19)15-18-7-4-12-30-18)23-17-8-10-25(11-9-17)14-16-5-2-1-3-6-16/h1-7,12,17,19H,8-11,13-15H2,(H,23,27)(H,24,29)/t19-/m1/s1. The molecule has 0 radical (unpaired) electrons. The number of imide groups is 1. The molecule has 30 heavy (non-hydrogen) atoms. The second-order valence-electron chi connectivity index (χ2n) is 7.81. The van der Waals surface area contributed by atoms with Crippen LogP contribution in [0.2, 0.25) is 0 Å². The first-order valence-electron chi connectivity index (χ1n) is 10.3. The Hall–Kier alpha value is -3.13. The lowest BCUT2D eigenvalue weighted by Crippen LogP contribution is -2.46. The third-order valence-electron chi connectivity index (χ3n) is 5.59. The van der Waals surface area contributed by atoms with Gasteiger partial charge in [0.05, 0.1) is 19.2 Å². The third-order valence-corrected chi connectivity index (χ3v) is 5.59. The number of urea groups is 1. The van der Waals surface area contributed by atoms with Gasteiger partial charge >= 0.3 is 6.03 Å². The predicted molar refractivity (Wildman–Crippen MR) is 109 cm³/mol. The van der Waals surface area contributed by atoms with E-state index in [-0.39, 0.29) is 24.9 Å². The molecule has 2 saturated heterocycles. The van der Waals surface area contributed by atoms with Gasteiger partial charge in [0.2, 0.25) is 5.91 Å². The lowest BCUT2D eigenvalue weighted by atomic mass is 10.0. The Labute approximate surface area is 175 Å². The maximum atomic E-state index is 12.5. The van der Waals surface area contributed by atoms with Crippen LogP contribution in [-0.2, 0) is 22.7 Å². The summed E-state index contributed by atoms with van der Waals surface area (Å²) >= 11 is 0. The van der Waals surface area contributed by atoms with Crippen LogP contribution in [-0.4, -0.2) is 52.8 Å². The second kappa shape index (κ2) is 9.13. The van der Waals surface area contributed by atoms with E-state index in [1.165, 1.54) is 11.8 Å². The number of piperidine rings is 1. The van der Waals surface area contributed by atoms with Crippen molar-refractivity contribution in [1.82, 2.24) is 20.4 Å². The fourth-order valence-corrected chi connectivity index (χ4v) is 3.97. The number of carbonyl (C=O) groups is 3. The summed E-state index contributed by atoms with van der Waals surface area (Å²) in [4.78, 5) is 40.5. The van der Waals surface area contributed by atoms with Gasteiger partial charge in [0.1, 0.15) is 11.8 Å². The van der Waals surface area contributed by atoms with Crippen LogP contribution in [0.5, 0.6) is 0 Å². The Bertz CT molecular complexity index is 876. The summed E-state index contributed by atoms with van der Waals surface area (Å²) in [6, 6.07) is 12.5. The molecule has 4 amide bonds. The van der Waals surface area contributed by atoms with E-state index in [4.69, 9.17) is 4.42 Å². The van der Waals surface area contributed by atoms with Crippen LogP contribution < -0.4 is 10.6 Å². The fourth-order valence-electron chi connectivity index (χ4n) is 3.97. The molecule has 1 atom stereocenters. The van der Waals surface area contributed by atoms with E-state index in [9.17, 15) is 14.4 Å². The number of rotatable bonds is 7. The normalized spacial score (nSPS) is 20.4. The third kappa shape index (κ3) is 4.88. The summed E-state index contributed by atoms with van der Waals surface area (Å²) in [5.74, 6) is -0.0925. The van der Waals surface area contributed by atoms with Gasteiger partial charge < -0.3 is 15.1 Å². The molecule has 0 spiro atoms. The minimum Gasteiger partial charge on any atom is -0.467 e. The second-order valence-corrected chi connectivity index (χ2v) is 7.81. The van der Waals surface area contributed by atoms with E-state index in [1.807, 2.05) is 18.2 Å². The van der Waals surface area contributed by atoms with Crippen LogP contribution in [0.1, 0.15) is 30.6 Å². The average Bonchev–Trinajstić information content (AvgIpc) is 3.34. The first-order chi connectivity index (χ1) is 14.6. The van der Waals surface area contributed by atoms with Gasteiger partial charge in [0, 0.05) is 25.7 Å². The van der Waals surface area contributed by atoms with E-state index in [0.717, 1.165) is 37.4 Å². The lowest BCUT2D eigenvalue weighted by Gasteiger charge is -2.32. The van der Waals surface area contributed by atoms with Crippen molar-refractivity contribution < 1.29 is 18.8 Å². The lowest BCUT2D eigenvalue weighted by molar-refractivity contribution is -0.131. The predicted octanol–water partition coefficient (Wildman–Crippen LogP) is 1.87. The van der Waals surface area contributed by atoms with E-state index in [0.29, 0.717) is 5.76 Å². The zero-order valence-corrected chi connectivity index (χ0v) is 16.8. The van der Waals surface area contributed by atoms with Crippen molar-refractivity contribution in [2.45, 2.75) is 44.4 Å². The number of carbonyl (C=O) groups excluding carboxylic acids is 3. The molecule has 8 nitrogen and oxygen atoms in total. The Morgan fingerprint density at radius 2 is 1.83 bits per heavy atom.